The molecule has 4 aliphatic rings. The summed E-state index contributed by atoms with van der Waals surface area (Å²) < 4.78 is 0. The van der Waals surface area contributed by atoms with Gasteiger partial charge in [-0.2, -0.15) is 0 Å². The predicted molar refractivity (Wildman–Crippen MR) is 133 cm³/mol. The van der Waals surface area contributed by atoms with E-state index in [1.54, 1.807) is 5.57 Å². The summed E-state index contributed by atoms with van der Waals surface area (Å²) in [7, 11) is 0. The van der Waals surface area contributed by atoms with Gasteiger partial charge >= 0.3 is 0 Å². The molecule has 176 valence electrons. The number of hydrogen-bond donors (Lipinski definition) is 1. The highest BCUT2D eigenvalue weighted by Gasteiger charge is 2.65. The maximum Gasteiger partial charge on any atom is 0.0594 e. The van der Waals surface area contributed by atoms with E-state index in [4.69, 9.17) is 0 Å². The first-order valence-electron chi connectivity index (χ1n) is 13.4. The molecule has 0 aliphatic heterocycles. The van der Waals surface area contributed by atoms with Gasteiger partial charge in [0.25, 0.3) is 0 Å². The molecule has 3 saturated carbocycles. The van der Waals surface area contributed by atoms with E-state index in [0.29, 0.717) is 28.6 Å². The molecule has 0 saturated heterocycles. The molecule has 1 N–H and O–H groups in total. The summed E-state index contributed by atoms with van der Waals surface area (Å²) >= 11 is 0. The van der Waals surface area contributed by atoms with Gasteiger partial charge in [-0.3, -0.25) is 0 Å². The molecular formula is C30H50O. The monoisotopic (exact) mass is 426 g/mol. The first kappa shape index (κ1) is 23.6. The van der Waals surface area contributed by atoms with Crippen LogP contribution in [0.5, 0.6) is 0 Å². The maximum atomic E-state index is 10.9. The lowest BCUT2D eigenvalue weighted by Crippen LogP contribution is -2.63. The van der Waals surface area contributed by atoms with E-state index < -0.39 is 0 Å². The van der Waals surface area contributed by atoms with Gasteiger partial charge in [0.05, 0.1) is 6.10 Å². The lowest BCUT2D eigenvalue weighted by molar-refractivity contribution is -0.196. The van der Waals surface area contributed by atoms with Crippen LogP contribution >= 0.6 is 0 Å². The van der Waals surface area contributed by atoms with Gasteiger partial charge in [0.2, 0.25) is 0 Å². The van der Waals surface area contributed by atoms with Gasteiger partial charge in [-0.25, -0.2) is 0 Å². The second-order valence-electron chi connectivity index (χ2n) is 13.5. The molecule has 4 rings (SSSR count). The van der Waals surface area contributed by atoms with Crippen molar-refractivity contribution in [3.63, 3.8) is 0 Å². The summed E-state index contributed by atoms with van der Waals surface area (Å²) in [5, 5.41) is 10.9. The van der Waals surface area contributed by atoms with Crippen LogP contribution in [0, 0.1) is 51.2 Å². The van der Waals surface area contributed by atoms with Crippen LogP contribution in [0.25, 0.3) is 0 Å². The number of aliphatic hydroxyl groups excluding tert-OH is 1. The van der Waals surface area contributed by atoms with E-state index in [0.717, 1.165) is 18.3 Å². The second-order valence-corrected chi connectivity index (χ2v) is 13.5. The van der Waals surface area contributed by atoms with E-state index in [2.05, 4.69) is 68.0 Å². The van der Waals surface area contributed by atoms with Gasteiger partial charge in [0.15, 0.2) is 0 Å². The van der Waals surface area contributed by atoms with Gasteiger partial charge in [-0.15, -0.1) is 0 Å². The van der Waals surface area contributed by atoms with Crippen molar-refractivity contribution >= 4 is 0 Å². The molecular weight excluding hydrogens is 376 g/mol. The van der Waals surface area contributed by atoms with Crippen LogP contribution in [0.1, 0.15) is 107 Å². The van der Waals surface area contributed by atoms with Crippen LogP contribution < -0.4 is 0 Å². The third kappa shape index (κ3) is 3.04. The summed E-state index contributed by atoms with van der Waals surface area (Å²) in [4.78, 5) is 0. The highest BCUT2D eigenvalue weighted by atomic mass is 16.3. The van der Waals surface area contributed by atoms with Crippen molar-refractivity contribution < 1.29 is 5.11 Å². The minimum absolute atomic E-state index is 0.0328. The fourth-order valence-corrected chi connectivity index (χ4v) is 9.79. The van der Waals surface area contributed by atoms with Crippen molar-refractivity contribution in [3.8, 4) is 0 Å². The molecule has 1 heteroatoms. The Hall–Kier alpha value is -0.560. The third-order valence-electron chi connectivity index (χ3n) is 12.3. The van der Waals surface area contributed by atoms with Gasteiger partial charge in [0, 0.05) is 0 Å². The molecule has 1 nitrogen and oxygen atoms in total. The number of aliphatic hydroxyl groups is 1. The topological polar surface area (TPSA) is 20.2 Å². The molecule has 0 aromatic carbocycles. The van der Waals surface area contributed by atoms with Crippen LogP contribution in [0.3, 0.4) is 0 Å². The molecule has 9 unspecified atom stereocenters. The largest absolute Gasteiger partial charge is 0.393 e. The summed E-state index contributed by atoms with van der Waals surface area (Å²) in [5.74, 6) is 3.38. The molecule has 0 bridgehead atoms. The van der Waals surface area contributed by atoms with Gasteiger partial charge in [-0.05, 0) is 103 Å². The SMILES string of the molecule is C=C1CCC(C)C(C2=CCC3C4(C)CCC(O)C(C)(C)C4CCC3(C)C2(C)CC)C1C. The molecule has 0 heterocycles. The average Bonchev–Trinajstić information content (AvgIpc) is 2.71. The molecule has 9 atom stereocenters. The van der Waals surface area contributed by atoms with E-state index >= 15 is 0 Å². The number of fused-ring (bicyclic) bond motifs is 3. The van der Waals surface area contributed by atoms with E-state index in [-0.39, 0.29) is 16.9 Å². The molecule has 0 amide bonds. The van der Waals surface area contributed by atoms with Crippen LogP contribution in [-0.2, 0) is 0 Å². The Morgan fingerprint density at radius 1 is 1.00 bits per heavy atom. The normalized spacial score (nSPS) is 52.2. The molecule has 0 spiro atoms. The van der Waals surface area contributed by atoms with Crippen molar-refractivity contribution in [2.45, 2.75) is 113 Å². The van der Waals surface area contributed by atoms with Crippen molar-refractivity contribution in [1.29, 1.82) is 0 Å². The molecule has 4 aliphatic carbocycles. The smallest absolute Gasteiger partial charge is 0.0594 e. The molecule has 0 radical (unpaired) electrons. The average molecular weight is 427 g/mol. The van der Waals surface area contributed by atoms with Crippen LogP contribution in [0.15, 0.2) is 23.8 Å². The summed E-state index contributed by atoms with van der Waals surface area (Å²) in [6.45, 7) is 24.5. The Labute approximate surface area is 193 Å². The first-order chi connectivity index (χ1) is 14.3. The first-order valence-corrected chi connectivity index (χ1v) is 13.4. The Morgan fingerprint density at radius 3 is 2.32 bits per heavy atom. The number of rotatable bonds is 2. The highest BCUT2D eigenvalue weighted by molar-refractivity contribution is 5.32. The van der Waals surface area contributed by atoms with Crippen molar-refractivity contribution in [3.05, 3.63) is 23.8 Å². The molecule has 0 aromatic rings. The predicted octanol–water partition coefficient (Wildman–Crippen LogP) is 8.19. The lowest BCUT2D eigenvalue weighted by Gasteiger charge is -2.69. The zero-order chi connectivity index (χ0) is 23.0. The zero-order valence-corrected chi connectivity index (χ0v) is 21.9. The second kappa shape index (κ2) is 7.48. The minimum Gasteiger partial charge on any atom is -0.393 e. The molecule has 31 heavy (non-hydrogen) atoms. The number of allylic oxidation sites excluding steroid dienone is 3. The Morgan fingerprint density at radius 2 is 1.68 bits per heavy atom. The van der Waals surface area contributed by atoms with Gasteiger partial charge < -0.3 is 5.11 Å². The Bertz CT molecular complexity index is 760. The van der Waals surface area contributed by atoms with Crippen molar-refractivity contribution in [2.24, 2.45) is 51.2 Å². The van der Waals surface area contributed by atoms with Crippen LogP contribution in [0.2, 0.25) is 0 Å². The molecule has 0 aromatic heterocycles. The van der Waals surface area contributed by atoms with Crippen molar-refractivity contribution in [1.82, 2.24) is 0 Å². The van der Waals surface area contributed by atoms with E-state index in [1.807, 2.05) is 0 Å². The fourth-order valence-electron chi connectivity index (χ4n) is 9.79. The fraction of sp³-hybridized carbons (Fsp3) is 0.867. The van der Waals surface area contributed by atoms with E-state index in [9.17, 15) is 5.11 Å². The van der Waals surface area contributed by atoms with Crippen molar-refractivity contribution in [2.75, 3.05) is 0 Å². The van der Waals surface area contributed by atoms with E-state index in [1.165, 1.54) is 50.5 Å². The Kier molecular flexibility index (Phi) is 5.69. The summed E-state index contributed by atoms with van der Waals surface area (Å²) in [6.07, 6.45) is 12.3. The summed E-state index contributed by atoms with van der Waals surface area (Å²) in [5.41, 5.74) is 4.23. The summed E-state index contributed by atoms with van der Waals surface area (Å²) in [6, 6.07) is 0. The van der Waals surface area contributed by atoms with Crippen LogP contribution in [-0.4, -0.2) is 11.2 Å². The van der Waals surface area contributed by atoms with Gasteiger partial charge in [0.1, 0.15) is 0 Å². The minimum atomic E-state index is -0.142. The number of hydrogen-bond acceptors (Lipinski definition) is 1. The maximum absolute atomic E-state index is 10.9. The standard InChI is InChI=1S/C30H50O/c1-10-29(8)22(26-20(3)12-11-19(2)21(26)4)13-14-24-28(7)17-16-25(31)27(5,6)23(28)15-18-30(24,29)9/h13,20-21,23-26,31H,2,10-12,14-18H2,1,3-9H3. The third-order valence-corrected chi connectivity index (χ3v) is 12.3. The van der Waals surface area contributed by atoms with Gasteiger partial charge in [-0.1, -0.05) is 79.2 Å². The van der Waals surface area contributed by atoms with Crippen LogP contribution in [0.4, 0.5) is 0 Å². The lowest BCUT2D eigenvalue weighted by atomic mass is 9.35. The Balaban J connectivity index is 1.79. The molecule has 3 fully saturated rings. The highest BCUT2D eigenvalue weighted by Crippen LogP contribution is 2.72. The zero-order valence-electron chi connectivity index (χ0n) is 21.9. The quantitative estimate of drug-likeness (QED) is 0.441.